The molecule has 0 bridgehead atoms. The molecule has 1 aromatic carbocycles. The Morgan fingerprint density at radius 2 is 2.29 bits per heavy atom. The summed E-state index contributed by atoms with van der Waals surface area (Å²) in [7, 11) is 1.68. The Bertz CT molecular complexity index is 321. The number of nitrogens with one attached hydrogen (secondary N) is 1. The monoisotopic (exact) mass is 192 g/mol. The molecule has 3 nitrogen and oxygen atoms in total. The van der Waals surface area contributed by atoms with E-state index in [1.54, 1.807) is 7.11 Å². The molecule has 0 amide bonds. The smallest absolute Gasteiger partial charge is 0.125 e. The van der Waals surface area contributed by atoms with Crippen LogP contribution in [-0.4, -0.2) is 13.2 Å². The Balaban J connectivity index is 2.05. The lowest BCUT2D eigenvalue weighted by molar-refractivity contribution is 0.408. The first-order valence-corrected chi connectivity index (χ1v) is 4.95. The molecular formula is C11H16N2O. The van der Waals surface area contributed by atoms with Gasteiger partial charge in [0.1, 0.15) is 5.75 Å². The van der Waals surface area contributed by atoms with Crippen LogP contribution in [0.1, 0.15) is 18.4 Å². The second-order valence-electron chi connectivity index (χ2n) is 3.73. The van der Waals surface area contributed by atoms with Crippen molar-refractivity contribution in [2.24, 2.45) is 0 Å². The molecule has 0 atom stereocenters. The maximum Gasteiger partial charge on any atom is 0.125 e. The lowest BCUT2D eigenvalue weighted by Crippen LogP contribution is -2.15. The Hall–Kier alpha value is -1.22. The fourth-order valence-corrected chi connectivity index (χ4v) is 1.45. The number of rotatable bonds is 4. The van der Waals surface area contributed by atoms with Crippen molar-refractivity contribution in [3.8, 4) is 5.75 Å². The number of anilines is 1. The average molecular weight is 192 g/mol. The van der Waals surface area contributed by atoms with Crippen LogP contribution < -0.4 is 15.8 Å². The molecule has 0 heterocycles. The number of methoxy groups -OCH3 is 1. The van der Waals surface area contributed by atoms with Gasteiger partial charge in [0.2, 0.25) is 0 Å². The van der Waals surface area contributed by atoms with Gasteiger partial charge in [-0.05, 0) is 18.9 Å². The number of hydrogen-bond donors (Lipinski definition) is 2. The molecule has 1 saturated carbocycles. The molecule has 1 aliphatic carbocycles. The van der Waals surface area contributed by atoms with Crippen molar-refractivity contribution in [1.82, 2.24) is 5.32 Å². The van der Waals surface area contributed by atoms with Crippen molar-refractivity contribution in [3.63, 3.8) is 0 Å². The number of ether oxygens (including phenoxy) is 1. The molecule has 0 spiro atoms. The third-order valence-electron chi connectivity index (χ3n) is 2.47. The van der Waals surface area contributed by atoms with Gasteiger partial charge in [-0.3, -0.25) is 0 Å². The lowest BCUT2D eigenvalue weighted by atomic mass is 10.2. The number of benzene rings is 1. The number of hydrogen-bond acceptors (Lipinski definition) is 3. The van der Waals surface area contributed by atoms with Gasteiger partial charge in [0.25, 0.3) is 0 Å². The molecule has 76 valence electrons. The highest BCUT2D eigenvalue weighted by molar-refractivity contribution is 5.48. The fraction of sp³-hybridized carbons (Fsp3) is 0.455. The molecular weight excluding hydrogens is 176 g/mol. The lowest BCUT2D eigenvalue weighted by Gasteiger charge is -2.09. The second kappa shape index (κ2) is 3.88. The molecule has 3 heteroatoms. The van der Waals surface area contributed by atoms with Crippen LogP contribution in [0.4, 0.5) is 5.69 Å². The summed E-state index contributed by atoms with van der Waals surface area (Å²) in [5, 5.41) is 3.45. The minimum Gasteiger partial charge on any atom is -0.496 e. The fourth-order valence-electron chi connectivity index (χ4n) is 1.45. The van der Waals surface area contributed by atoms with E-state index in [1.165, 1.54) is 18.4 Å². The van der Waals surface area contributed by atoms with Gasteiger partial charge < -0.3 is 15.8 Å². The van der Waals surface area contributed by atoms with Gasteiger partial charge in [0.05, 0.1) is 7.11 Å². The predicted molar refractivity (Wildman–Crippen MR) is 57.3 cm³/mol. The summed E-state index contributed by atoms with van der Waals surface area (Å²) >= 11 is 0. The van der Waals surface area contributed by atoms with Gasteiger partial charge in [-0.2, -0.15) is 0 Å². The summed E-state index contributed by atoms with van der Waals surface area (Å²) in [6, 6.07) is 6.51. The summed E-state index contributed by atoms with van der Waals surface area (Å²) in [5.41, 5.74) is 7.59. The van der Waals surface area contributed by atoms with Crippen LogP contribution >= 0.6 is 0 Å². The van der Waals surface area contributed by atoms with Crippen molar-refractivity contribution >= 4 is 5.69 Å². The van der Waals surface area contributed by atoms with Crippen LogP contribution in [0, 0.1) is 0 Å². The topological polar surface area (TPSA) is 47.3 Å². The van der Waals surface area contributed by atoms with Crippen LogP contribution in [0.25, 0.3) is 0 Å². The third-order valence-corrected chi connectivity index (χ3v) is 2.47. The van der Waals surface area contributed by atoms with E-state index in [4.69, 9.17) is 10.5 Å². The number of nitrogens with two attached hydrogens (primary N) is 1. The van der Waals surface area contributed by atoms with Crippen molar-refractivity contribution in [2.45, 2.75) is 25.4 Å². The highest BCUT2D eigenvalue weighted by Crippen LogP contribution is 2.24. The molecule has 1 aromatic rings. The van der Waals surface area contributed by atoms with E-state index < -0.39 is 0 Å². The molecule has 0 aromatic heterocycles. The molecule has 1 fully saturated rings. The van der Waals surface area contributed by atoms with E-state index in [1.807, 2.05) is 18.2 Å². The van der Waals surface area contributed by atoms with Crippen molar-refractivity contribution in [2.75, 3.05) is 12.8 Å². The summed E-state index contributed by atoms with van der Waals surface area (Å²) in [6.45, 7) is 0.869. The molecule has 0 saturated heterocycles. The van der Waals surface area contributed by atoms with Crippen LogP contribution in [0.2, 0.25) is 0 Å². The van der Waals surface area contributed by atoms with Gasteiger partial charge in [-0.15, -0.1) is 0 Å². The van der Waals surface area contributed by atoms with E-state index in [0.29, 0.717) is 0 Å². The highest BCUT2D eigenvalue weighted by Gasteiger charge is 2.20. The Morgan fingerprint density at radius 1 is 1.50 bits per heavy atom. The first-order valence-electron chi connectivity index (χ1n) is 4.95. The van der Waals surface area contributed by atoms with Crippen LogP contribution in [0.15, 0.2) is 18.2 Å². The van der Waals surface area contributed by atoms with Gasteiger partial charge >= 0.3 is 0 Å². The zero-order valence-corrected chi connectivity index (χ0v) is 8.42. The van der Waals surface area contributed by atoms with Crippen molar-refractivity contribution in [3.05, 3.63) is 23.8 Å². The van der Waals surface area contributed by atoms with E-state index in [9.17, 15) is 0 Å². The van der Waals surface area contributed by atoms with Gasteiger partial charge in [0.15, 0.2) is 0 Å². The molecule has 1 aliphatic rings. The average Bonchev–Trinajstić information content (AvgIpc) is 2.99. The Morgan fingerprint density at radius 3 is 2.93 bits per heavy atom. The molecule has 14 heavy (non-hydrogen) atoms. The minimum absolute atomic E-state index is 0.720. The van der Waals surface area contributed by atoms with E-state index in [2.05, 4.69) is 5.32 Å². The largest absolute Gasteiger partial charge is 0.496 e. The Labute approximate surface area is 84.3 Å². The summed E-state index contributed by atoms with van der Waals surface area (Å²) in [4.78, 5) is 0. The van der Waals surface area contributed by atoms with E-state index >= 15 is 0 Å². The maximum absolute atomic E-state index is 5.67. The zero-order valence-electron chi connectivity index (χ0n) is 8.42. The standard InChI is InChI=1S/C11H16N2O/c1-14-11-6-9(12)3-2-8(11)7-13-10-4-5-10/h2-3,6,10,13H,4-5,7,12H2,1H3. The summed E-state index contributed by atoms with van der Waals surface area (Å²) in [6.07, 6.45) is 2.61. The summed E-state index contributed by atoms with van der Waals surface area (Å²) < 4.78 is 5.26. The van der Waals surface area contributed by atoms with Gasteiger partial charge in [-0.25, -0.2) is 0 Å². The molecule has 3 N–H and O–H groups in total. The third kappa shape index (κ3) is 2.17. The van der Waals surface area contributed by atoms with Crippen LogP contribution in [-0.2, 0) is 6.54 Å². The minimum atomic E-state index is 0.720. The zero-order chi connectivity index (χ0) is 9.97. The van der Waals surface area contributed by atoms with E-state index in [-0.39, 0.29) is 0 Å². The SMILES string of the molecule is COc1cc(N)ccc1CNC1CC1. The maximum atomic E-state index is 5.67. The molecule has 0 radical (unpaired) electrons. The van der Waals surface area contributed by atoms with Crippen LogP contribution in [0.5, 0.6) is 5.75 Å². The van der Waals surface area contributed by atoms with Crippen molar-refractivity contribution < 1.29 is 4.74 Å². The number of nitrogen functional groups attached to an aromatic ring is 1. The van der Waals surface area contributed by atoms with Crippen LogP contribution in [0.3, 0.4) is 0 Å². The van der Waals surface area contributed by atoms with Gasteiger partial charge in [0, 0.05) is 29.9 Å². The highest BCUT2D eigenvalue weighted by atomic mass is 16.5. The first-order chi connectivity index (χ1) is 6.79. The Kier molecular flexibility index (Phi) is 2.59. The van der Waals surface area contributed by atoms with E-state index in [0.717, 1.165) is 24.0 Å². The molecule has 2 rings (SSSR count). The second-order valence-corrected chi connectivity index (χ2v) is 3.73. The summed E-state index contributed by atoms with van der Waals surface area (Å²) in [5.74, 6) is 0.873. The van der Waals surface area contributed by atoms with Gasteiger partial charge in [-0.1, -0.05) is 6.07 Å². The molecule has 0 aliphatic heterocycles. The van der Waals surface area contributed by atoms with Crippen molar-refractivity contribution in [1.29, 1.82) is 0 Å². The first kappa shape index (κ1) is 9.34. The quantitative estimate of drug-likeness (QED) is 0.711. The molecule has 0 unspecified atom stereocenters. The normalized spacial score (nSPS) is 15.5. The predicted octanol–water partition coefficient (Wildman–Crippen LogP) is 1.53.